The quantitative estimate of drug-likeness (QED) is 0.578. The Labute approximate surface area is 101 Å². The van der Waals surface area contributed by atoms with Gasteiger partial charge in [0.1, 0.15) is 5.69 Å². The molecule has 3 aromatic rings. The molecule has 3 heterocycles. The van der Waals surface area contributed by atoms with Crippen LogP contribution in [0.5, 0.6) is 0 Å². The number of nitrogens with one attached hydrogen (secondary N) is 2. The average molecular weight is 242 g/mol. The lowest BCUT2D eigenvalue weighted by Crippen LogP contribution is -2.14. The van der Waals surface area contributed by atoms with Crippen LogP contribution in [0.1, 0.15) is 5.69 Å². The Bertz CT molecular complexity index is 774. The van der Waals surface area contributed by atoms with E-state index in [1.165, 1.54) is 0 Å². The van der Waals surface area contributed by atoms with E-state index in [4.69, 9.17) is 5.73 Å². The van der Waals surface area contributed by atoms with Gasteiger partial charge in [-0.3, -0.25) is 9.78 Å². The zero-order valence-corrected chi connectivity index (χ0v) is 9.56. The summed E-state index contributed by atoms with van der Waals surface area (Å²) in [5.74, 6) is 0.0306. The van der Waals surface area contributed by atoms with Crippen molar-refractivity contribution >= 4 is 17.1 Å². The second kappa shape index (κ2) is 3.66. The van der Waals surface area contributed by atoms with Crippen molar-refractivity contribution in [3.8, 4) is 11.4 Å². The van der Waals surface area contributed by atoms with Crippen molar-refractivity contribution in [3.05, 3.63) is 34.4 Å². The average Bonchev–Trinajstić information content (AvgIpc) is 2.83. The van der Waals surface area contributed by atoms with E-state index >= 15 is 0 Å². The topological polar surface area (TPSA) is 113 Å². The van der Waals surface area contributed by atoms with Gasteiger partial charge in [0.05, 0.1) is 11.4 Å². The van der Waals surface area contributed by atoms with Crippen LogP contribution < -0.4 is 11.3 Å². The number of hydrogen-bond donors (Lipinski definition) is 3. The first kappa shape index (κ1) is 10.5. The highest BCUT2D eigenvalue weighted by atomic mass is 16.1. The number of anilines is 1. The highest BCUT2D eigenvalue weighted by Gasteiger charge is 2.11. The molecule has 0 atom stereocenters. The van der Waals surface area contributed by atoms with Crippen LogP contribution in [0, 0.1) is 6.92 Å². The molecule has 7 heteroatoms. The lowest BCUT2D eigenvalue weighted by molar-refractivity contribution is 1.09. The number of rotatable bonds is 1. The molecule has 4 N–H and O–H groups in total. The van der Waals surface area contributed by atoms with Crippen LogP contribution in [0.2, 0.25) is 0 Å². The highest BCUT2D eigenvalue weighted by molar-refractivity contribution is 5.74. The molecule has 0 aliphatic rings. The molecule has 0 amide bonds. The maximum Gasteiger partial charge on any atom is 0.280 e. The number of aromatic nitrogens is 5. The third-order valence-corrected chi connectivity index (χ3v) is 2.59. The summed E-state index contributed by atoms with van der Waals surface area (Å²) in [5.41, 5.74) is 7.67. The standard InChI is InChI=1S/C11H10N6O/c1-5-7(6-3-2-4-13-6)15-9-8(14-5)10(18)17-11(12)16-9/h2-4,13H,1H3,(H3,12,15,16,17,18). The van der Waals surface area contributed by atoms with E-state index in [1.807, 2.05) is 12.1 Å². The minimum absolute atomic E-state index is 0.0306. The van der Waals surface area contributed by atoms with E-state index in [0.717, 1.165) is 5.69 Å². The number of hydrogen-bond acceptors (Lipinski definition) is 5. The zero-order valence-electron chi connectivity index (χ0n) is 9.56. The molecule has 0 spiro atoms. The van der Waals surface area contributed by atoms with Crippen LogP contribution in [0.25, 0.3) is 22.6 Å². The Balaban J connectivity index is 2.37. The molecular weight excluding hydrogens is 232 g/mol. The first-order valence-corrected chi connectivity index (χ1v) is 5.33. The van der Waals surface area contributed by atoms with Crippen LogP contribution in [0.4, 0.5) is 5.95 Å². The Kier molecular flexibility index (Phi) is 2.12. The van der Waals surface area contributed by atoms with E-state index in [9.17, 15) is 4.79 Å². The largest absolute Gasteiger partial charge is 0.369 e. The molecule has 90 valence electrons. The van der Waals surface area contributed by atoms with Gasteiger partial charge in [-0.1, -0.05) is 0 Å². The van der Waals surface area contributed by atoms with Gasteiger partial charge in [-0.15, -0.1) is 0 Å². The number of fused-ring (bicyclic) bond motifs is 1. The lowest BCUT2D eigenvalue weighted by Gasteiger charge is -2.04. The fourth-order valence-electron chi connectivity index (χ4n) is 1.79. The van der Waals surface area contributed by atoms with Crippen LogP contribution in [-0.2, 0) is 0 Å². The summed E-state index contributed by atoms with van der Waals surface area (Å²) in [7, 11) is 0. The highest BCUT2D eigenvalue weighted by Crippen LogP contribution is 2.19. The molecule has 0 saturated heterocycles. The molecule has 0 saturated carbocycles. The van der Waals surface area contributed by atoms with E-state index < -0.39 is 0 Å². The third kappa shape index (κ3) is 1.53. The second-order valence-electron chi connectivity index (χ2n) is 3.86. The molecule has 0 aliphatic heterocycles. The minimum atomic E-state index is -0.383. The van der Waals surface area contributed by atoms with Gasteiger partial charge in [0.2, 0.25) is 5.95 Å². The molecule has 0 fully saturated rings. The normalized spacial score (nSPS) is 10.9. The van der Waals surface area contributed by atoms with Gasteiger partial charge >= 0.3 is 0 Å². The third-order valence-electron chi connectivity index (χ3n) is 2.59. The zero-order chi connectivity index (χ0) is 12.7. The monoisotopic (exact) mass is 242 g/mol. The maximum atomic E-state index is 11.7. The summed E-state index contributed by atoms with van der Waals surface area (Å²) in [6.07, 6.45) is 1.79. The molecule has 7 nitrogen and oxygen atoms in total. The summed E-state index contributed by atoms with van der Waals surface area (Å²) >= 11 is 0. The molecule has 3 rings (SSSR count). The Morgan fingerprint density at radius 1 is 1.28 bits per heavy atom. The van der Waals surface area contributed by atoms with Crippen molar-refractivity contribution in [1.82, 2.24) is 24.9 Å². The van der Waals surface area contributed by atoms with Crippen molar-refractivity contribution in [3.63, 3.8) is 0 Å². The number of aromatic amines is 2. The number of aryl methyl sites for hydroxylation is 1. The van der Waals surface area contributed by atoms with Gasteiger partial charge in [0.15, 0.2) is 11.2 Å². The van der Waals surface area contributed by atoms with Gasteiger partial charge in [-0.2, -0.15) is 4.98 Å². The first-order chi connectivity index (χ1) is 8.65. The molecule has 18 heavy (non-hydrogen) atoms. The lowest BCUT2D eigenvalue weighted by atomic mass is 10.2. The van der Waals surface area contributed by atoms with Crippen LogP contribution in [0.3, 0.4) is 0 Å². The predicted molar refractivity (Wildman–Crippen MR) is 66.9 cm³/mol. The fraction of sp³-hybridized carbons (Fsp3) is 0.0909. The van der Waals surface area contributed by atoms with Crippen molar-refractivity contribution < 1.29 is 0 Å². The van der Waals surface area contributed by atoms with Gasteiger partial charge in [-0.25, -0.2) is 9.97 Å². The second-order valence-corrected chi connectivity index (χ2v) is 3.86. The van der Waals surface area contributed by atoms with Gasteiger partial charge < -0.3 is 10.7 Å². The molecule has 0 unspecified atom stereocenters. The number of nitrogen functional groups attached to an aromatic ring is 1. The Morgan fingerprint density at radius 3 is 2.83 bits per heavy atom. The van der Waals surface area contributed by atoms with Crippen LogP contribution in [-0.4, -0.2) is 24.9 Å². The minimum Gasteiger partial charge on any atom is -0.369 e. The number of nitrogens with two attached hydrogens (primary N) is 1. The summed E-state index contributed by atoms with van der Waals surface area (Å²) in [5, 5.41) is 0. The van der Waals surface area contributed by atoms with Gasteiger partial charge in [-0.05, 0) is 19.1 Å². The van der Waals surface area contributed by atoms with Crippen molar-refractivity contribution in [2.45, 2.75) is 6.92 Å². The number of H-pyrrole nitrogens is 2. The molecule has 0 radical (unpaired) electrons. The predicted octanol–water partition coefficient (Wildman–Crippen LogP) is 0.599. The summed E-state index contributed by atoms with van der Waals surface area (Å²) in [6.45, 7) is 1.79. The molecule has 0 aromatic carbocycles. The van der Waals surface area contributed by atoms with E-state index in [2.05, 4.69) is 24.9 Å². The smallest absolute Gasteiger partial charge is 0.280 e. The fourth-order valence-corrected chi connectivity index (χ4v) is 1.79. The van der Waals surface area contributed by atoms with Crippen LogP contribution in [0.15, 0.2) is 23.1 Å². The van der Waals surface area contributed by atoms with Crippen LogP contribution >= 0.6 is 0 Å². The molecular formula is C11H10N6O. The van der Waals surface area contributed by atoms with Gasteiger partial charge in [0.25, 0.3) is 5.56 Å². The van der Waals surface area contributed by atoms with E-state index in [0.29, 0.717) is 11.4 Å². The summed E-state index contributed by atoms with van der Waals surface area (Å²) in [4.78, 5) is 29.6. The van der Waals surface area contributed by atoms with Crippen molar-refractivity contribution in [1.29, 1.82) is 0 Å². The maximum absolute atomic E-state index is 11.7. The summed E-state index contributed by atoms with van der Waals surface area (Å²) in [6, 6.07) is 3.74. The van der Waals surface area contributed by atoms with E-state index in [1.54, 1.807) is 13.1 Å². The Hall–Kier alpha value is -2.70. The molecule has 3 aromatic heterocycles. The van der Waals surface area contributed by atoms with Crippen molar-refractivity contribution in [2.75, 3.05) is 5.73 Å². The first-order valence-electron chi connectivity index (χ1n) is 5.33. The van der Waals surface area contributed by atoms with Crippen molar-refractivity contribution in [2.24, 2.45) is 0 Å². The number of nitrogens with zero attached hydrogens (tertiary/aromatic N) is 3. The SMILES string of the molecule is Cc1nc2c(=O)[nH]c(N)nc2nc1-c1ccc[nH]1. The van der Waals surface area contributed by atoms with E-state index in [-0.39, 0.29) is 22.7 Å². The molecule has 0 bridgehead atoms. The summed E-state index contributed by atoms with van der Waals surface area (Å²) < 4.78 is 0. The Morgan fingerprint density at radius 2 is 2.11 bits per heavy atom. The molecule has 0 aliphatic carbocycles. The van der Waals surface area contributed by atoms with Gasteiger partial charge in [0, 0.05) is 6.20 Å².